The number of amides is 2. The monoisotopic (exact) mass is 285 g/mol. The maximum absolute atomic E-state index is 11.6. The molecule has 1 aromatic rings. The Hall–Kier alpha value is -1.14. The van der Waals surface area contributed by atoms with E-state index < -0.39 is 0 Å². The lowest BCUT2D eigenvalue weighted by molar-refractivity contribution is 0.190. The minimum Gasteiger partial charge on any atom is -0.395 e. The Morgan fingerprint density at radius 1 is 1.53 bits per heavy atom. The number of aliphatic hydroxyl groups is 1. The van der Waals surface area contributed by atoms with Crippen molar-refractivity contribution >= 4 is 17.4 Å². The van der Waals surface area contributed by atoms with Gasteiger partial charge in [-0.25, -0.2) is 9.78 Å². The molecule has 0 spiro atoms. The third-order valence-corrected chi connectivity index (χ3v) is 3.95. The van der Waals surface area contributed by atoms with Gasteiger partial charge in [0.1, 0.15) is 0 Å². The summed E-state index contributed by atoms with van der Waals surface area (Å²) < 4.78 is 0. The van der Waals surface area contributed by atoms with Gasteiger partial charge in [0.05, 0.1) is 17.3 Å². The molecule has 1 rings (SSSR count). The van der Waals surface area contributed by atoms with Gasteiger partial charge in [0.25, 0.3) is 0 Å². The number of likely N-dealkylation sites (N-methyl/N-ethyl adjacent to an activating group) is 1. The first-order valence-corrected chi connectivity index (χ1v) is 7.27. The molecule has 108 valence electrons. The molecule has 0 aliphatic rings. The minimum atomic E-state index is -0.166. The fraction of sp³-hybridized carbons (Fsp3) is 0.692. The van der Waals surface area contributed by atoms with E-state index in [-0.39, 0.29) is 18.1 Å². The molecule has 0 aliphatic heterocycles. The number of nitrogens with one attached hydrogen (secondary N) is 1. The predicted octanol–water partition coefficient (Wildman–Crippen LogP) is 1.62. The molecule has 19 heavy (non-hydrogen) atoms. The first-order valence-electron chi connectivity index (χ1n) is 6.39. The fourth-order valence-corrected chi connectivity index (χ4v) is 2.39. The topological polar surface area (TPSA) is 65.5 Å². The van der Waals surface area contributed by atoms with Gasteiger partial charge in [-0.05, 0) is 0 Å². The highest BCUT2D eigenvalue weighted by atomic mass is 32.1. The van der Waals surface area contributed by atoms with Gasteiger partial charge in [-0.15, -0.1) is 11.3 Å². The van der Waals surface area contributed by atoms with Crippen LogP contribution in [0.5, 0.6) is 0 Å². The third kappa shape index (κ3) is 5.16. The summed E-state index contributed by atoms with van der Waals surface area (Å²) in [7, 11) is 1.66. The van der Waals surface area contributed by atoms with Gasteiger partial charge in [-0.2, -0.15) is 0 Å². The molecule has 0 aromatic carbocycles. The quantitative estimate of drug-likeness (QED) is 0.864. The largest absolute Gasteiger partial charge is 0.395 e. The number of urea groups is 1. The minimum absolute atomic E-state index is 0.0229. The van der Waals surface area contributed by atoms with Gasteiger partial charge in [-0.3, -0.25) is 0 Å². The van der Waals surface area contributed by atoms with E-state index in [1.807, 2.05) is 5.38 Å². The van der Waals surface area contributed by atoms with Crippen molar-refractivity contribution in [3.8, 4) is 0 Å². The van der Waals surface area contributed by atoms with Gasteiger partial charge < -0.3 is 15.3 Å². The molecule has 0 atom stereocenters. The van der Waals surface area contributed by atoms with E-state index in [1.165, 1.54) is 4.90 Å². The molecule has 2 amide bonds. The lowest BCUT2D eigenvalue weighted by Gasteiger charge is -2.16. The lowest BCUT2D eigenvalue weighted by atomic mass is 9.98. The van der Waals surface area contributed by atoms with E-state index in [2.05, 4.69) is 31.1 Å². The average Bonchev–Trinajstić information content (AvgIpc) is 2.77. The number of aliphatic hydroxyl groups excluding tert-OH is 1. The van der Waals surface area contributed by atoms with Crippen molar-refractivity contribution in [3.05, 3.63) is 16.1 Å². The number of carbonyl (C=O) groups excluding carboxylic acids is 1. The fourth-order valence-electron chi connectivity index (χ4n) is 1.45. The summed E-state index contributed by atoms with van der Waals surface area (Å²) in [5.74, 6) is 0. The van der Waals surface area contributed by atoms with E-state index >= 15 is 0 Å². The Kier molecular flexibility index (Phi) is 5.75. The summed E-state index contributed by atoms with van der Waals surface area (Å²) in [6.45, 7) is 7.30. The van der Waals surface area contributed by atoms with Crippen LogP contribution in [-0.2, 0) is 11.8 Å². The Labute approximate surface area is 118 Å². The van der Waals surface area contributed by atoms with Gasteiger partial charge in [0.2, 0.25) is 0 Å². The number of nitrogens with zero attached hydrogens (tertiary/aromatic N) is 2. The van der Waals surface area contributed by atoms with Crippen molar-refractivity contribution in [2.45, 2.75) is 32.6 Å². The van der Waals surface area contributed by atoms with Crippen LogP contribution < -0.4 is 5.32 Å². The van der Waals surface area contributed by atoms with Crippen LogP contribution in [0.15, 0.2) is 5.38 Å². The van der Waals surface area contributed by atoms with Crippen LogP contribution in [-0.4, -0.2) is 47.8 Å². The van der Waals surface area contributed by atoms with Gasteiger partial charge in [-0.1, -0.05) is 20.8 Å². The Morgan fingerprint density at radius 2 is 2.21 bits per heavy atom. The number of hydrogen-bond donors (Lipinski definition) is 2. The number of thiazole rings is 1. The highest BCUT2D eigenvalue weighted by molar-refractivity contribution is 7.09. The number of carbonyl (C=O) groups is 1. The van der Waals surface area contributed by atoms with Crippen LogP contribution in [0.2, 0.25) is 0 Å². The molecule has 6 heteroatoms. The summed E-state index contributed by atoms with van der Waals surface area (Å²) in [5, 5.41) is 14.7. The predicted molar refractivity (Wildman–Crippen MR) is 77.6 cm³/mol. The zero-order chi connectivity index (χ0) is 14.5. The molecule has 1 heterocycles. The van der Waals surface area contributed by atoms with Crippen molar-refractivity contribution in [2.24, 2.45) is 0 Å². The summed E-state index contributed by atoms with van der Waals surface area (Å²) in [6.07, 6.45) is 0.727. The van der Waals surface area contributed by atoms with Crippen LogP contribution in [0, 0.1) is 0 Å². The molecule has 0 saturated heterocycles. The van der Waals surface area contributed by atoms with Crippen LogP contribution in [0.3, 0.4) is 0 Å². The van der Waals surface area contributed by atoms with Crippen LogP contribution in [0.25, 0.3) is 0 Å². The molecule has 2 N–H and O–H groups in total. The first-order chi connectivity index (χ1) is 8.84. The highest BCUT2D eigenvalue weighted by Crippen LogP contribution is 2.25. The normalized spacial score (nSPS) is 11.4. The molecular weight excluding hydrogens is 262 g/mol. The number of hydrogen-bond acceptors (Lipinski definition) is 4. The second kappa shape index (κ2) is 6.86. The van der Waals surface area contributed by atoms with Crippen molar-refractivity contribution in [3.63, 3.8) is 0 Å². The molecule has 1 aromatic heterocycles. The standard InChI is InChI=1S/C13H23N3O2S/c1-13(2,3)11-15-10(9-19-11)5-6-14-12(18)16(4)7-8-17/h9,17H,5-8H2,1-4H3,(H,14,18). The van der Waals surface area contributed by atoms with E-state index in [0.717, 1.165) is 17.1 Å². The molecule has 0 saturated carbocycles. The number of aromatic nitrogens is 1. The van der Waals surface area contributed by atoms with Crippen molar-refractivity contribution in [1.82, 2.24) is 15.2 Å². The van der Waals surface area contributed by atoms with Crippen molar-refractivity contribution in [1.29, 1.82) is 0 Å². The lowest BCUT2D eigenvalue weighted by Crippen LogP contribution is -2.39. The van der Waals surface area contributed by atoms with Crippen molar-refractivity contribution < 1.29 is 9.90 Å². The second-order valence-electron chi connectivity index (χ2n) is 5.52. The highest BCUT2D eigenvalue weighted by Gasteiger charge is 2.17. The number of rotatable bonds is 5. The third-order valence-electron chi connectivity index (χ3n) is 2.63. The van der Waals surface area contributed by atoms with Gasteiger partial charge in [0.15, 0.2) is 0 Å². The maximum atomic E-state index is 11.6. The Bertz CT molecular complexity index is 412. The van der Waals surface area contributed by atoms with E-state index in [4.69, 9.17) is 5.11 Å². The zero-order valence-electron chi connectivity index (χ0n) is 12.1. The van der Waals surface area contributed by atoms with Crippen molar-refractivity contribution in [2.75, 3.05) is 26.7 Å². The molecule has 0 bridgehead atoms. The molecule has 0 aliphatic carbocycles. The van der Waals surface area contributed by atoms with E-state index in [0.29, 0.717) is 13.1 Å². The Morgan fingerprint density at radius 3 is 2.74 bits per heavy atom. The summed E-state index contributed by atoms with van der Waals surface area (Å²) in [5.41, 5.74) is 1.09. The van der Waals surface area contributed by atoms with E-state index in [1.54, 1.807) is 18.4 Å². The summed E-state index contributed by atoms with van der Waals surface area (Å²) in [4.78, 5) is 17.6. The maximum Gasteiger partial charge on any atom is 0.317 e. The molecule has 5 nitrogen and oxygen atoms in total. The molecule has 0 unspecified atom stereocenters. The first kappa shape index (κ1) is 15.9. The summed E-state index contributed by atoms with van der Waals surface area (Å²) in [6, 6.07) is -0.166. The van der Waals surface area contributed by atoms with Gasteiger partial charge >= 0.3 is 6.03 Å². The SMILES string of the molecule is CN(CCO)C(=O)NCCc1csc(C(C)(C)C)n1. The molecule has 0 radical (unpaired) electrons. The Balaban J connectivity index is 2.37. The molecular formula is C13H23N3O2S. The average molecular weight is 285 g/mol. The van der Waals surface area contributed by atoms with Crippen LogP contribution in [0.4, 0.5) is 4.79 Å². The van der Waals surface area contributed by atoms with Gasteiger partial charge in [0, 0.05) is 37.4 Å². The zero-order valence-corrected chi connectivity index (χ0v) is 12.9. The van der Waals surface area contributed by atoms with Crippen LogP contribution in [0.1, 0.15) is 31.5 Å². The van der Waals surface area contributed by atoms with E-state index in [9.17, 15) is 4.79 Å². The van der Waals surface area contributed by atoms with Crippen LogP contribution >= 0.6 is 11.3 Å². The summed E-state index contributed by atoms with van der Waals surface area (Å²) >= 11 is 1.66. The second-order valence-corrected chi connectivity index (χ2v) is 6.38. The smallest absolute Gasteiger partial charge is 0.317 e. The molecule has 0 fully saturated rings.